The third kappa shape index (κ3) is 3.01. The highest BCUT2D eigenvalue weighted by molar-refractivity contribution is 5.71. The summed E-state index contributed by atoms with van der Waals surface area (Å²) in [5.41, 5.74) is 4.46. The summed E-state index contributed by atoms with van der Waals surface area (Å²) in [6.07, 6.45) is 5.35. The molecule has 1 fully saturated rings. The van der Waals surface area contributed by atoms with Crippen LogP contribution in [0.25, 0.3) is 5.70 Å². The molecule has 1 aliphatic heterocycles. The predicted octanol–water partition coefficient (Wildman–Crippen LogP) is 4.45. The van der Waals surface area contributed by atoms with E-state index >= 15 is 0 Å². The van der Waals surface area contributed by atoms with Crippen LogP contribution in [-0.2, 0) is 6.42 Å². The second-order valence-electron chi connectivity index (χ2n) is 6.81. The van der Waals surface area contributed by atoms with Crippen LogP contribution in [0.4, 0.5) is 0 Å². The number of ether oxygens (including phenoxy) is 1. The normalized spacial score (nSPS) is 19.9. The van der Waals surface area contributed by atoms with E-state index in [1.54, 1.807) is 7.11 Å². The summed E-state index contributed by atoms with van der Waals surface area (Å²) >= 11 is 0. The van der Waals surface area contributed by atoms with Gasteiger partial charge in [-0.2, -0.15) is 0 Å². The molecule has 2 aliphatic rings. The Bertz CT molecular complexity index is 701. The number of nitrogens with zero attached hydrogens (tertiary/aromatic N) is 1. The molecule has 0 bridgehead atoms. The predicted molar refractivity (Wildman–Crippen MR) is 96.0 cm³/mol. The Morgan fingerprint density at radius 3 is 2.65 bits per heavy atom. The molecule has 1 aromatic rings. The molecule has 0 saturated heterocycles. The van der Waals surface area contributed by atoms with Gasteiger partial charge in [-0.15, -0.1) is 0 Å². The van der Waals surface area contributed by atoms with Crippen molar-refractivity contribution >= 4 is 5.70 Å². The molecule has 0 spiro atoms. The SMILES string of the molecule is C=CN1C(=C)c2cc(OC)c(C#CC3CC3)cc2CC1C(C)C. The maximum Gasteiger partial charge on any atom is 0.135 e. The zero-order valence-electron chi connectivity index (χ0n) is 14.4. The number of hydrogen-bond donors (Lipinski definition) is 0. The first-order valence-corrected chi connectivity index (χ1v) is 8.37. The molecule has 1 saturated carbocycles. The first-order chi connectivity index (χ1) is 11.0. The molecule has 2 heteroatoms. The molecule has 1 heterocycles. The largest absolute Gasteiger partial charge is 0.495 e. The van der Waals surface area contributed by atoms with Gasteiger partial charge in [0.05, 0.1) is 12.7 Å². The molecule has 23 heavy (non-hydrogen) atoms. The highest BCUT2D eigenvalue weighted by Crippen LogP contribution is 2.37. The lowest BCUT2D eigenvalue weighted by Gasteiger charge is -2.40. The topological polar surface area (TPSA) is 12.5 Å². The van der Waals surface area contributed by atoms with Crippen molar-refractivity contribution < 1.29 is 4.74 Å². The van der Waals surface area contributed by atoms with Crippen molar-refractivity contribution in [1.82, 2.24) is 4.90 Å². The van der Waals surface area contributed by atoms with Gasteiger partial charge < -0.3 is 9.64 Å². The van der Waals surface area contributed by atoms with E-state index in [0.29, 0.717) is 17.9 Å². The molecule has 1 atom stereocenters. The highest BCUT2D eigenvalue weighted by atomic mass is 16.5. The van der Waals surface area contributed by atoms with E-state index in [1.807, 2.05) is 6.20 Å². The molecule has 1 aromatic carbocycles. The molecule has 3 rings (SSSR count). The van der Waals surface area contributed by atoms with Crippen LogP contribution < -0.4 is 4.74 Å². The Kier molecular flexibility index (Phi) is 4.22. The summed E-state index contributed by atoms with van der Waals surface area (Å²) in [5, 5.41) is 0. The summed E-state index contributed by atoms with van der Waals surface area (Å²) in [4.78, 5) is 2.20. The average Bonchev–Trinajstić information content (AvgIpc) is 3.36. The van der Waals surface area contributed by atoms with Gasteiger partial charge in [0.1, 0.15) is 5.75 Å². The number of hydrogen-bond acceptors (Lipinski definition) is 2. The lowest BCUT2D eigenvalue weighted by atomic mass is 9.85. The molecule has 2 nitrogen and oxygen atoms in total. The molecule has 0 radical (unpaired) electrons. The summed E-state index contributed by atoms with van der Waals surface area (Å²) in [5.74, 6) is 8.62. The Morgan fingerprint density at radius 1 is 1.35 bits per heavy atom. The molecular formula is C21H25NO. The molecule has 1 unspecified atom stereocenters. The number of fused-ring (bicyclic) bond motifs is 1. The van der Waals surface area contributed by atoms with Crippen LogP contribution >= 0.6 is 0 Å². The van der Waals surface area contributed by atoms with E-state index in [4.69, 9.17) is 4.74 Å². The molecule has 0 aromatic heterocycles. The monoisotopic (exact) mass is 307 g/mol. The second-order valence-corrected chi connectivity index (χ2v) is 6.81. The lowest BCUT2D eigenvalue weighted by Crippen LogP contribution is -2.39. The third-order valence-electron chi connectivity index (χ3n) is 4.79. The second kappa shape index (κ2) is 6.16. The van der Waals surface area contributed by atoms with Crippen LogP contribution in [0, 0.1) is 23.7 Å². The minimum atomic E-state index is 0.394. The van der Waals surface area contributed by atoms with Crippen molar-refractivity contribution in [3.05, 3.63) is 48.2 Å². The fourth-order valence-electron chi connectivity index (χ4n) is 3.20. The Labute approximate surface area is 139 Å². The molecule has 1 aliphatic carbocycles. The van der Waals surface area contributed by atoms with Gasteiger partial charge in [0, 0.05) is 23.2 Å². The smallest absolute Gasteiger partial charge is 0.135 e. The van der Waals surface area contributed by atoms with E-state index in [-0.39, 0.29) is 0 Å². The minimum absolute atomic E-state index is 0.394. The summed E-state index contributed by atoms with van der Waals surface area (Å²) < 4.78 is 5.57. The summed E-state index contributed by atoms with van der Waals surface area (Å²) in [6.45, 7) is 12.8. The molecule has 0 amide bonds. The van der Waals surface area contributed by atoms with Gasteiger partial charge in [-0.1, -0.05) is 38.8 Å². The van der Waals surface area contributed by atoms with Crippen molar-refractivity contribution in [3.8, 4) is 17.6 Å². The number of methoxy groups -OCH3 is 1. The molecule has 120 valence electrons. The fourth-order valence-corrected chi connectivity index (χ4v) is 3.20. The van der Waals surface area contributed by atoms with Gasteiger partial charge in [0.2, 0.25) is 0 Å². The average molecular weight is 307 g/mol. The Morgan fingerprint density at radius 2 is 2.09 bits per heavy atom. The number of rotatable bonds is 3. The van der Waals surface area contributed by atoms with Crippen molar-refractivity contribution in [2.75, 3.05) is 7.11 Å². The van der Waals surface area contributed by atoms with Gasteiger partial charge in [-0.25, -0.2) is 0 Å². The van der Waals surface area contributed by atoms with E-state index in [2.05, 4.69) is 55.9 Å². The Hall–Kier alpha value is -2.14. The third-order valence-corrected chi connectivity index (χ3v) is 4.79. The zero-order chi connectivity index (χ0) is 16.6. The van der Waals surface area contributed by atoms with Crippen LogP contribution in [0.3, 0.4) is 0 Å². The van der Waals surface area contributed by atoms with Gasteiger partial charge in [0.15, 0.2) is 0 Å². The molecule has 0 N–H and O–H groups in total. The minimum Gasteiger partial charge on any atom is -0.495 e. The maximum atomic E-state index is 5.57. The van der Waals surface area contributed by atoms with Gasteiger partial charge in [-0.05, 0) is 49.1 Å². The van der Waals surface area contributed by atoms with Crippen molar-refractivity contribution in [3.63, 3.8) is 0 Å². The van der Waals surface area contributed by atoms with Crippen LogP contribution in [-0.4, -0.2) is 18.1 Å². The van der Waals surface area contributed by atoms with Gasteiger partial charge in [0.25, 0.3) is 0 Å². The molecular weight excluding hydrogens is 282 g/mol. The quantitative estimate of drug-likeness (QED) is 0.765. The van der Waals surface area contributed by atoms with Crippen LogP contribution in [0.5, 0.6) is 5.75 Å². The maximum absolute atomic E-state index is 5.57. The van der Waals surface area contributed by atoms with Crippen LogP contribution in [0.1, 0.15) is 43.4 Å². The first kappa shape index (κ1) is 15.7. The highest BCUT2D eigenvalue weighted by Gasteiger charge is 2.30. The fraction of sp³-hybridized carbons (Fsp3) is 0.429. The summed E-state index contributed by atoms with van der Waals surface area (Å²) in [6, 6.07) is 4.68. The van der Waals surface area contributed by atoms with Crippen LogP contribution in [0.2, 0.25) is 0 Å². The first-order valence-electron chi connectivity index (χ1n) is 8.37. The van der Waals surface area contributed by atoms with E-state index in [0.717, 1.165) is 29.0 Å². The standard InChI is InChI=1S/C21H25NO/c1-6-22-15(4)19-13-21(23-5)17(10-9-16-7-8-16)11-18(19)12-20(22)14(2)3/h6,11,13-14,16,20H,1,4,7-8,12H2,2-3,5H3. The van der Waals surface area contributed by atoms with Crippen molar-refractivity contribution in [2.45, 2.75) is 39.2 Å². The van der Waals surface area contributed by atoms with E-state index in [1.165, 1.54) is 18.4 Å². The van der Waals surface area contributed by atoms with Gasteiger partial charge in [-0.3, -0.25) is 0 Å². The Balaban J connectivity index is 2.04. The number of benzene rings is 1. The van der Waals surface area contributed by atoms with E-state index < -0.39 is 0 Å². The lowest BCUT2D eigenvalue weighted by molar-refractivity contribution is 0.287. The zero-order valence-corrected chi connectivity index (χ0v) is 14.4. The van der Waals surface area contributed by atoms with Crippen molar-refractivity contribution in [2.24, 2.45) is 11.8 Å². The van der Waals surface area contributed by atoms with Crippen molar-refractivity contribution in [1.29, 1.82) is 0 Å². The van der Waals surface area contributed by atoms with Crippen LogP contribution in [0.15, 0.2) is 31.5 Å². The van der Waals surface area contributed by atoms with E-state index in [9.17, 15) is 0 Å². The van der Waals surface area contributed by atoms with Gasteiger partial charge >= 0.3 is 0 Å². The summed E-state index contributed by atoms with van der Waals surface area (Å²) in [7, 11) is 1.71.